The summed E-state index contributed by atoms with van der Waals surface area (Å²) in [5.74, 6) is 0. The van der Waals surface area contributed by atoms with Gasteiger partial charge in [0.25, 0.3) is 0 Å². The molecule has 0 bridgehead atoms. The molecule has 0 saturated heterocycles. The molecular formula is C16H26N4S2. The Labute approximate surface area is 141 Å². The van der Waals surface area contributed by atoms with E-state index in [1.807, 2.05) is 0 Å². The molecule has 2 heterocycles. The molecule has 122 valence electrons. The standard InChI is InChI=1S/C16H26N4S2/c1-7-13-9-19(11(3)4)15(17-13)21-22-16-18-14(8-2)10-20(16)12(5)6/h9-12H,7-8H2,1-6H3. The Morgan fingerprint density at radius 2 is 1.18 bits per heavy atom. The van der Waals surface area contributed by atoms with Crippen molar-refractivity contribution in [2.45, 2.75) is 76.8 Å². The van der Waals surface area contributed by atoms with Gasteiger partial charge in [-0.05, 0) is 62.1 Å². The topological polar surface area (TPSA) is 35.6 Å². The van der Waals surface area contributed by atoms with E-state index < -0.39 is 0 Å². The third-order valence-electron chi connectivity index (χ3n) is 3.52. The van der Waals surface area contributed by atoms with Crippen LogP contribution in [0.4, 0.5) is 0 Å². The molecule has 0 unspecified atom stereocenters. The van der Waals surface area contributed by atoms with Gasteiger partial charge in [-0.25, -0.2) is 9.97 Å². The first-order valence-corrected chi connectivity index (χ1v) is 10.1. The van der Waals surface area contributed by atoms with Gasteiger partial charge in [0.2, 0.25) is 0 Å². The van der Waals surface area contributed by atoms with Crippen LogP contribution >= 0.6 is 21.6 Å². The smallest absolute Gasteiger partial charge is 0.179 e. The summed E-state index contributed by atoms with van der Waals surface area (Å²) in [6.07, 6.45) is 6.27. The van der Waals surface area contributed by atoms with Crippen LogP contribution in [-0.2, 0) is 12.8 Å². The van der Waals surface area contributed by atoms with Crippen LogP contribution in [-0.4, -0.2) is 19.1 Å². The van der Waals surface area contributed by atoms with E-state index >= 15 is 0 Å². The van der Waals surface area contributed by atoms with E-state index in [0.717, 1.165) is 34.5 Å². The van der Waals surface area contributed by atoms with Crippen molar-refractivity contribution in [3.63, 3.8) is 0 Å². The zero-order chi connectivity index (χ0) is 16.3. The molecule has 0 aliphatic heterocycles. The minimum Gasteiger partial charge on any atom is -0.323 e. The van der Waals surface area contributed by atoms with Gasteiger partial charge in [-0.3, -0.25) is 0 Å². The molecule has 0 fully saturated rings. The summed E-state index contributed by atoms with van der Waals surface area (Å²) in [6.45, 7) is 13.1. The minimum atomic E-state index is 0.423. The Morgan fingerprint density at radius 3 is 1.45 bits per heavy atom. The largest absolute Gasteiger partial charge is 0.323 e. The summed E-state index contributed by atoms with van der Waals surface area (Å²) in [5.41, 5.74) is 2.30. The molecule has 0 saturated carbocycles. The van der Waals surface area contributed by atoms with E-state index in [1.54, 1.807) is 21.6 Å². The lowest BCUT2D eigenvalue weighted by Crippen LogP contribution is -2.01. The average Bonchev–Trinajstić information content (AvgIpc) is 3.08. The van der Waals surface area contributed by atoms with Crippen molar-refractivity contribution in [2.75, 3.05) is 0 Å². The van der Waals surface area contributed by atoms with Gasteiger partial charge in [-0.1, -0.05) is 13.8 Å². The van der Waals surface area contributed by atoms with Gasteiger partial charge in [0.05, 0.1) is 11.4 Å². The van der Waals surface area contributed by atoms with Crippen molar-refractivity contribution in [3.05, 3.63) is 23.8 Å². The summed E-state index contributed by atoms with van der Waals surface area (Å²) in [6, 6.07) is 0.846. The highest BCUT2D eigenvalue weighted by Crippen LogP contribution is 2.38. The van der Waals surface area contributed by atoms with Crippen LogP contribution in [0.5, 0.6) is 0 Å². The second-order valence-corrected chi connectivity index (χ2v) is 7.97. The van der Waals surface area contributed by atoms with Gasteiger partial charge in [0.1, 0.15) is 0 Å². The molecular weight excluding hydrogens is 312 g/mol. The van der Waals surface area contributed by atoms with E-state index in [0.29, 0.717) is 12.1 Å². The van der Waals surface area contributed by atoms with Crippen molar-refractivity contribution in [3.8, 4) is 0 Å². The molecule has 2 rings (SSSR count). The van der Waals surface area contributed by atoms with E-state index in [-0.39, 0.29) is 0 Å². The first kappa shape index (κ1) is 17.5. The van der Waals surface area contributed by atoms with Crippen LogP contribution in [0, 0.1) is 0 Å². The Morgan fingerprint density at radius 1 is 0.818 bits per heavy atom. The maximum Gasteiger partial charge on any atom is 0.179 e. The van der Waals surface area contributed by atoms with Crippen LogP contribution in [0.2, 0.25) is 0 Å². The van der Waals surface area contributed by atoms with E-state index in [4.69, 9.17) is 9.97 Å². The van der Waals surface area contributed by atoms with E-state index in [1.165, 1.54) is 0 Å². The van der Waals surface area contributed by atoms with Gasteiger partial charge in [0.15, 0.2) is 10.3 Å². The molecule has 2 aromatic rings. The fourth-order valence-electron chi connectivity index (χ4n) is 2.13. The normalized spacial score (nSPS) is 11.8. The maximum atomic E-state index is 4.73. The highest BCUT2D eigenvalue weighted by molar-refractivity contribution is 8.76. The summed E-state index contributed by atoms with van der Waals surface area (Å²) < 4.78 is 4.50. The number of hydrogen-bond donors (Lipinski definition) is 0. The fourth-order valence-corrected chi connectivity index (χ4v) is 4.47. The highest BCUT2D eigenvalue weighted by Gasteiger charge is 2.15. The quantitative estimate of drug-likeness (QED) is 0.653. The summed E-state index contributed by atoms with van der Waals surface area (Å²) in [5, 5.41) is 2.13. The molecule has 0 spiro atoms. The second kappa shape index (κ2) is 7.59. The number of nitrogens with zero attached hydrogens (tertiary/aromatic N) is 4. The molecule has 0 radical (unpaired) electrons. The third kappa shape index (κ3) is 3.90. The molecule has 0 aliphatic rings. The summed E-state index contributed by atoms with van der Waals surface area (Å²) in [7, 11) is 3.41. The summed E-state index contributed by atoms with van der Waals surface area (Å²) >= 11 is 0. The zero-order valence-corrected chi connectivity index (χ0v) is 16.0. The molecule has 2 aromatic heterocycles. The van der Waals surface area contributed by atoms with Crippen LogP contribution in [0.15, 0.2) is 22.7 Å². The molecule has 0 amide bonds. The lowest BCUT2D eigenvalue weighted by Gasteiger charge is -2.12. The summed E-state index contributed by atoms with van der Waals surface area (Å²) in [4.78, 5) is 9.47. The predicted octanol–water partition coefficient (Wildman–Crippen LogP) is 5.17. The van der Waals surface area contributed by atoms with Crippen molar-refractivity contribution in [1.29, 1.82) is 0 Å². The highest BCUT2D eigenvalue weighted by atomic mass is 33.1. The molecule has 0 N–H and O–H groups in total. The lowest BCUT2D eigenvalue weighted by molar-refractivity contribution is 0.548. The second-order valence-electron chi connectivity index (χ2n) is 5.91. The SMILES string of the molecule is CCc1cn(C(C)C)c(SSc2nc(CC)cn2C(C)C)n1. The number of aromatic nitrogens is 4. The van der Waals surface area contributed by atoms with Gasteiger partial charge in [-0.15, -0.1) is 0 Å². The fraction of sp³-hybridized carbons (Fsp3) is 0.625. The van der Waals surface area contributed by atoms with Crippen molar-refractivity contribution < 1.29 is 0 Å². The molecule has 0 atom stereocenters. The maximum absolute atomic E-state index is 4.73. The van der Waals surface area contributed by atoms with Crippen LogP contribution in [0.3, 0.4) is 0 Å². The molecule has 0 aromatic carbocycles. The number of rotatable bonds is 7. The number of aryl methyl sites for hydroxylation is 2. The van der Waals surface area contributed by atoms with Gasteiger partial charge in [0, 0.05) is 24.5 Å². The van der Waals surface area contributed by atoms with Crippen LogP contribution in [0.25, 0.3) is 0 Å². The van der Waals surface area contributed by atoms with Crippen LogP contribution in [0.1, 0.15) is 65.0 Å². The van der Waals surface area contributed by atoms with Crippen molar-refractivity contribution >= 4 is 21.6 Å². The van der Waals surface area contributed by atoms with E-state index in [9.17, 15) is 0 Å². The van der Waals surface area contributed by atoms with E-state index in [2.05, 4.69) is 63.1 Å². The number of imidazole rings is 2. The Bertz CT molecular complexity index is 559. The minimum absolute atomic E-state index is 0.423. The first-order valence-electron chi connectivity index (χ1n) is 7.96. The van der Waals surface area contributed by atoms with Crippen molar-refractivity contribution in [2.24, 2.45) is 0 Å². The predicted molar refractivity (Wildman–Crippen MR) is 95.7 cm³/mol. The number of hydrogen-bond acceptors (Lipinski definition) is 4. The van der Waals surface area contributed by atoms with Gasteiger partial charge < -0.3 is 9.13 Å². The molecule has 6 heteroatoms. The Balaban J connectivity index is 2.19. The Kier molecular flexibility index (Phi) is 6.03. The van der Waals surface area contributed by atoms with Crippen molar-refractivity contribution in [1.82, 2.24) is 19.1 Å². The lowest BCUT2D eigenvalue weighted by atomic mass is 10.3. The van der Waals surface area contributed by atoms with Gasteiger partial charge in [-0.2, -0.15) is 0 Å². The molecule has 4 nitrogen and oxygen atoms in total. The first-order chi connectivity index (χ1) is 10.5. The third-order valence-corrected chi connectivity index (χ3v) is 5.65. The molecule has 22 heavy (non-hydrogen) atoms. The monoisotopic (exact) mass is 338 g/mol. The molecule has 0 aliphatic carbocycles. The average molecular weight is 339 g/mol. The van der Waals surface area contributed by atoms with Gasteiger partial charge >= 0.3 is 0 Å². The Hall–Kier alpha value is -0.880. The van der Waals surface area contributed by atoms with Crippen LogP contribution < -0.4 is 0 Å². The zero-order valence-electron chi connectivity index (χ0n) is 14.3.